The number of aryl methyl sites for hydroxylation is 1. The van der Waals surface area contributed by atoms with E-state index < -0.39 is 0 Å². The first kappa shape index (κ1) is 13.8. The Kier molecular flexibility index (Phi) is 6.43. The van der Waals surface area contributed by atoms with E-state index in [1.165, 1.54) is 5.56 Å². The van der Waals surface area contributed by atoms with Gasteiger partial charge in [0, 0.05) is 25.0 Å². The Morgan fingerprint density at radius 3 is 2.76 bits per heavy atom. The van der Waals surface area contributed by atoms with Crippen molar-refractivity contribution in [3.8, 4) is 0 Å². The van der Waals surface area contributed by atoms with Crippen LogP contribution in [0.3, 0.4) is 0 Å². The van der Waals surface area contributed by atoms with Crippen LogP contribution in [0.2, 0.25) is 0 Å². The Labute approximate surface area is 103 Å². The fourth-order valence-electron chi connectivity index (χ4n) is 1.53. The minimum atomic E-state index is 0.639. The van der Waals surface area contributed by atoms with Gasteiger partial charge in [0.1, 0.15) is 0 Å². The molecule has 0 unspecified atom stereocenters. The van der Waals surface area contributed by atoms with E-state index in [1.54, 1.807) is 7.11 Å². The van der Waals surface area contributed by atoms with Gasteiger partial charge in [-0.05, 0) is 30.2 Å². The molecule has 0 aliphatic carbocycles. The molecular weight excluding hydrogens is 216 g/mol. The number of anilines is 2. The zero-order chi connectivity index (χ0) is 12.5. The van der Waals surface area contributed by atoms with Crippen LogP contribution in [0.1, 0.15) is 12.5 Å². The van der Waals surface area contributed by atoms with Crippen LogP contribution >= 0.6 is 0 Å². The lowest BCUT2D eigenvalue weighted by Crippen LogP contribution is -2.12. The highest BCUT2D eigenvalue weighted by atomic mass is 16.5. The second-order valence-corrected chi connectivity index (χ2v) is 3.80. The van der Waals surface area contributed by atoms with Crippen molar-refractivity contribution in [2.45, 2.75) is 13.3 Å². The van der Waals surface area contributed by atoms with E-state index >= 15 is 0 Å². The van der Waals surface area contributed by atoms with Crippen molar-refractivity contribution >= 4 is 11.4 Å². The number of rotatable bonds is 8. The fourth-order valence-corrected chi connectivity index (χ4v) is 1.53. The number of ether oxygens (including phenoxy) is 2. The normalized spacial score (nSPS) is 10.5. The van der Waals surface area contributed by atoms with Gasteiger partial charge < -0.3 is 20.5 Å². The largest absolute Gasteiger partial charge is 0.399 e. The lowest BCUT2D eigenvalue weighted by molar-refractivity contribution is 0.0759. The maximum absolute atomic E-state index is 5.84. The standard InChI is InChI=1S/C13H22N2O2/c1-3-11-10-12(4-5-13(11)14)15-6-7-17-9-8-16-2/h4-5,10,15H,3,6-9,14H2,1-2H3. The summed E-state index contributed by atoms with van der Waals surface area (Å²) in [5.41, 5.74) is 8.96. The van der Waals surface area contributed by atoms with E-state index in [2.05, 4.69) is 18.3 Å². The van der Waals surface area contributed by atoms with Crippen molar-refractivity contribution in [3.63, 3.8) is 0 Å². The Bertz CT molecular complexity index is 329. The second kappa shape index (κ2) is 7.92. The number of hydrogen-bond acceptors (Lipinski definition) is 4. The number of benzene rings is 1. The molecule has 0 aliphatic rings. The summed E-state index contributed by atoms with van der Waals surface area (Å²) in [6.45, 7) is 4.84. The van der Waals surface area contributed by atoms with Gasteiger partial charge in [-0.3, -0.25) is 0 Å². The number of nitrogens with two attached hydrogens (primary N) is 1. The summed E-state index contributed by atoms with van der Waals surface area (Å²) >= 11 is 0. The first-order valence-electron chi connectivity index (χ1n) is 5.97. The van der Waals surface area contributed by atoms with Crippen LogP contribution in [0.25, 0.3) is 0 Å². The first-order valence-corrected chi connectivity index (χ1v) is 5.97. The molecule has 4 heteroatoms. The molecule has 1 rings (SSSR count). The van der Waals surface area contributed by atoms with E-state index in [9.17, 15) is 0 Å². The maximum Gasteiger partial charge on any atom is 0.0701 e. The Morgan fingerprint density at radius 2 is 2.06 bits per heavy atom. The quantitative estimate of drug-likeness (QED) is 0.536. The van der Waals surface area contributed by atoms with Crippen LogP contribution in [-0.4, -0.2) is 33.5 Å². The monoisotopic (exact) mass is 238 g/mol. The van der Waals surface area contributed by atoms with E-state index in [4.69, 9.17) is 15.2 Å². The maximum atomic E-state index is 5.84. The van der Waals surface area contributed by atoms with E-state index in [0.717, 1.165) is 24.3 Å². The lowest BCUT2D eigenvalue weighted by atomic mass is 10.1. The molecule has 96 valence electrons. The summed E-state index contributed by atoms with van der Waals surface area (Å²) < 4.78 is 10.3. The molecule has 0 aromatic heterocycles. The molecule has 0 aliphatic heterocycles. The van der Waals surface area contributed by atoms with Gasteiger partial charge >= 0.3 is 0 Å². The van der Waals surface area contributed by atoms with E-state index in [1.807, 2.05) is 12.1 Å². The van der Waals surface area contributed by atoms with Gasteiger partial charge in [0.2, 0.25) is 0 Å². The fraction of sp³-hybridized carbons (Fsp3) is 0.538. The molecule has 1 aromatic rings. The van der Waals surface area contributed by atoms with Gasteiger partial charge in [-0.2, -0.15) is 0 Å². The van der Waals surface area contributed by atoms with Crippen molar-refractivity contribution < 1.29 is 9.47 Å². The number of methoxy groups -OCH3 is 1. The summed E-state index contributed by atoms with van der Waals surface area (Å²) in [5.74, 6) is 0. The summed E-state index contributed by atoms with van der Waals surface area (Å²) in [6, 6.07) is 6.01. The molecule has 0 fully saturated rings. The average Bonchev–Trinajstić information content (AvgIpc) is 2.35. The van der Waals surface area contributed by atoms with Crippen LogP contribution < -0.4 is 11.1 Å². The topological polar surface area (TPSA) is 56.5 Å². The van der Waals surface area contributed by atoms with Crippen molar-refractivity contribution in [1.82, 2.24) is 0 Å². The predicted octanol–water partition coefficient (Wildman–Crippen LogP) is 1.91. The van der Waals surface area contributed by atoms with Gasteiger partial charge in [0.05, 0.1) is 19.8 Å². The molecule has 17 heavy (non-hydrogen) atoms. The van der Waals surface area contributed by atoms with Gasteiger partial charge in [0.15, 0.2) is 0 Å². The molecule has 0 saturated heterocycles. The Morgan fingerprint density at radius 1 is 1.24 bits per heavy atom. The van der Waals surface area contributed by atoms with Crippen LogP contribution in [0, 0.1) is 0 Å². The highest BCUT2D eigenvalue weighted by Gasteiger charge is 1.98. The summed E-state index contributed by atoms with van der Waals surface area (Å²) in [4.78, 5) is 0. The van der Waals surface area contributed by atoms with Crippen LogP contribution in [0.15, 0.2) is 18.2 Å². The molecule has 0 atom stereocenters. The summed E-state index contributed by atoms with van der Waals surface area (Å²) in [5, 5.41) is 3.30. The van der Waals surface area contributed by atoms with Crippen LogP contribution in [-0.2, 0) is 15.9 Å². The minimum Gasteiger partial charge on any atom is -0.399 e. The van der Waals surface area contributed by atoms with Crippen LogP contribution in [0.4, 0.5) is 11.4 Å². The van der Waals surface area contributed by atoms with E-state index in [-0.39, 0.29) is 0 Å². The molecule has 4 nitrogen and oxygen atoms in total. The van der Waals surface area contributed by atoms with Gasteiger partial charge in [-0.15, -0.1) is 0 Å². The van der Waals surface area contributed by atoms with Gasteiger partial charge in [-0.1, -0.05) is 6.92 Å². The third kappa shape index (κ3) is 5.06. The van der Waals surface area contributed by atoms with Crippen LogP contribution in [0.5, 0.6) is 0 Å². The number of hydrogen-bond donors (Lipinski definition) is 2. The van der Waals surface area contributed by atoms with Crippen molar-refractivity contribution in [2.24, 2.45) is 0 Å². The zero-order valence-electron chi connectivity index (χ0n) is 10.7. The van der Waals surface area contributed by atoms with Crippen molar-refractivity contribution in [3.05, 3.63) is 23.8 Å². The third-order valence-electron chi connectivity index (χ3n) is 2.53. The molecule has 3 N–H and O–H groups in total. The Balaban J connectivity index is 2.27. The average molecular weight is 238 g/mol. The molecular formula is C13H22N2O2. The number of nitrogens with one attached hydrogen (secondary N) is 1. The van der Waals surface area contributed by atoms with Gasteiger partial charge in [0.25, 0.3) is 0 Å². The molecule has 0 amide bonds. The smallest absolute Gasteiger partial charge is 0.0701 e. The predicted molar refractivity (Wildman–Crippen MR) is 71.4 cm³/mol. The second-order valence-electron chi connectivity index (χ2n) is 3.80. The molecule has 0 radical (unpaired) electrons. The summed E-state index contributed by atoms with van der Waals surface area (Å²) in [7, 11) is 1.67. The molecule has 0 bridgehead atoms. The van der Waals surface area contributed by atoms with Gasteiger partial charge in [-0.25, -0.2) is 0 Å². The Hall–Kier alpha value is -1.26. The SMILES string of the molecule is CCc1cc(NCCOCCOC)ccc1N. The van der Waals surface area contributed by atoms with Crippen molar-refractivity contribution in [1.29, 1.82) is 0 Å². The molecule has 0 spiro atoms. The molecule has 0 heterocycles. The molecule has 1 aromatic carbocycles. The zero-order valence-corrected chi connectivity index (χ0v) is 10.7. The van der Waals surface area contributed by atoms with E-state index in [0.29, 0.717) is 19.8 Å². The lowest BCUT2D eigenvalue weighted by Gasteiger charge is -2.10. The highest BCUT2D eigenvalue weighted by Crippen LogP contribution is 2.17. The summed E-state index contributed by atoms with van der Waals surface area (Å²) in [6.07, 6.45) is 0.950. The first-order chi connectivity index (χ1) is 8.27. The minimum absolute atomic E-state index is 0.639. The van der Waals surface area contributed by atoms with Crippen molar-refractivity contribution in [2.75, 3.05) is 44.5 Å². The third-order valence-corrected chi connectivity index (χ3v) is 2.53. The highest BCUT2D eigenvalue weighted by molar-refractivity contribution is 5.57. The number of nitrogen functional groups attached to an aromatic ring is 1. The molecule has 0 saturated carbocycles.